The quantitative estimate of drug-likeness (QED) is 0.909. The summed E-state index contributed by atoms with van der Waals surface area (Å²) in [6.07, 6.45) is 1.06. The summed E-state index contributed by atoms with van der Waals surface area (Å²) < 4.78 is 5.72. The molecule has 0 spiro atoms. The number of para-hydroxylation sites is 1. The number of fused-ring (bicyclic) bond motifs is 1. The van der Waals surface area contributed by atoms with E-state index in [1.165, 1.54) is 16.7 Å². The molecule has 2 nitrogen and oxygen atoms in total. The van der Waals surface area contributed by atoms with E-state index in [9.17, 15) is 0 Å². The highest BCUT2D eigenvalue weighted by Crippen LogP contribution is 2.39. The van der Waals surface area contributed by atoms with Crippen LogP contribution in [0.3, 0.4) is 0 Å². The Hall–Kier alpha value is -1.80. The molecule has 2 N–H and O–H groups in total. The Morgan fingerprint density at radius 1 is 1.16 bits per heavy atom. The van der Waals surface area contributed by atoms with Crippen LogP contribution in [0.1, 0.15) is 35.6 Å². The van der Waals surface area contributed by atoms with E-state index in [0.717, 1.165) is 12.2 Å². The predicted molar refractivity (Wildman–Crippen MR) is 77.4 cm³/mol. The van der Waals surface area contributed by atoms with Gasteiger partial charge in [0.1, 0.15) is 5.75 Å². The number of benzene rings is 2. The topological polar surface area (TPSA) is 35.2 Å². The lowest BCUT2D eigenvalue weighted by Gasteiger charge is -2.19. The van der Waals surface area contributed by atoms with Gasteiger partial charge in [-0.15, -0.1) is 0 Å². The summed E-state index contributed by atoms with van der Waals surface area (Å²) in [5, 5.41) is 0. The molecule has 2 heteroatoms. The van der Waals surface area contributed by atoms with Crippen molar-refractivity contribution in [2.24, 2.45) is 5.73 Å². The molecule has 0 aromatic heterocycles. The van der Waals surface area contributed by atoms with Crippen LogP contribution in [0.5, 0.6) is 5.75 Å². The van der Waals surface area contributed by atoms with Gasteiger partial charge >= 0.3 is 0 Å². The van der Waals surface area contributed by atoms with E-state index in [1.54, 1.807) is 0 Å². The van der Waals surface area contributed by atoms with Crippen LogP contribution in [-0.4, -0.2) is 6.61 Å². The van der Waals surface area contributed by atoms with Crippen LogP contribution >= 0.6 is 0 Å². The second-order valence-corrected chi connectivity index (χ2v) is 5.08. The van der Waals surface area contributed by atoms with Crippen LogP contribution in [0.2, 0.25) is 0 Å². The minimum absolute atomic E-state index is 0.00504. The lowest BCUT2D eigenvalue weighted by atomic mass is 9.89. The van der Waals surface area contributed by atoms with Gasteiger partial charge in [0.25, 0.3) is 0 Å². The normalized spacial score (nSPS) is 18.7. The second-order valence-electron chi connectivity index (χ2n) is 5.08. The van der Waals surface area contributed by atoms with Crippen molar-refractivity contribution < 1.29 is 4.74 Å². The molecule has 3 rings (SSSR count). The van der Waals surface area contributed by atoms with Crippen molar-refractivity contribution in [2.75, 3.05) is 6.61 Å². The van der Waals surface area contributed by atoms with Crippen LogP contribution in [0, 0.1) is 0 Å². The Morgan fingerprint density at radius 2 is 1.89 bits per heavy atom. The van der Waals surface area contributed by atoms with Crippen molar-refractivity contribution in [3.05, 3.63) is 65.2 Å². The van der Waals surface area contributed by atoms with E-state index in [1.807, 2.05) is 18.2 Å². The molecule has 1 aliphatic heterocycles. The summed E-state index contributed by atoms with van der Waals surface area (Å²) in [4.78, 5) is 0. The van der Waals surface area contributed by atoms with Gasteiger partial charge in [0.15, 0.2) is 0 Å². The molecule has 0 saturated carbocycles. The molecule has 2 aromatic carbocycles. The van der Waals surface area contributed by atoms with Gasteiger partial charge < -0.3 is 10.5 Å². The standard InChI is InChI=1S/C17H19NO/c1-2-12-7-9-13(10-8-12)17(18)15-11-19-16-6-4-3-5-14(15)16/h3-10,15,17H,2,11,18H2,1H3. The van der Waals surface area contributed by atoms with E-state index >= 15 is 0 Å². The molecular formula is C17H19NO. The SMILES string of the molecule is CCc1ccc(C(N)C2COc3ccccc32)cc1. The summed E-state index contributed by atoms with van der Waals surface area (Å²) in [7, 11) is 0. The molecule has 2 unspecified atom stereocenters. The van der Waals surface area contributed by atoms with Gasteiger partial charge in [-0.3, -0.25) is 0 Å². The Balaban J connectivity index is 1.86. The fourth-order valence-corrected chi connectivity index (χ4v) is 2.69. The van der Waals surface area contributed by atoms with E-state index < -0.39 is 0 Å². The highest BCUT2D eigenvalue weighted by molar-refractivity contribution is 5.42. The molecule has 2 atom stereocenters. The molecular weight excluding hydrogens is 234 g/mol. The highest BCUT2D eigenvalue weighted by atomic mass is 16.5. The zero-order chi connectivity index (χ0) is 13.2. The number of hydrogen-bond donors (Lipinski definition) is 1. The van der Waals surface area contributed by atoms with Crippen LogP contribution in [0.4, 0.5) is 0 Å². The third-order valence-electron chi connectivity index (χ3n) is 3.94. The fraction of sp³-hybridized carbons (Fsp3) is 0.294. The monoisotopic (exact) mass is 253 g/mol. The van der Waals surface area contributed by atoms with Gasteiger partial charge in [-0.25, -0.2) is 0 Å². The lowest BCUT2D eigenvalue weighted by molar-refractivity contribution is 0.315. The van der Waals surface area contributed by atoms with Crippen molar-refractivity contribution >= 4 is 0 Å². The number of ether oxygens (including phenoxy) is 1. The second kappa shape index (κ2) is 5.06. The molecule has 0 bridgehead atoms. The van der Waals surface area contributed by atoms with Crippen molar-refractivity contribution in [1.82, 2.24) is 0 Å². The number of rotatable bonds is 3. The zero-order valence-electron chi connectivity index (χ0n) is 11.2. The van der Waals surface area contributed by atoms with Crippen molar-refractivity contribution in [1.29, 1.82) is 0 Å². The van der Waals surface area contributed by atoms with E-state index in [0.29, 0.717) is 6.61 Å². The molecule has 0 radical (unpaired) electrons. The highest BCUT2D eigenvalue weighted by Gasteiger charge is 2.29. The van der Waals surface area contributed by atoms with Crippen molar-refractivity contribution in [2.45, 2.75) is 25.3 Å². The Labute approximate surface area is 114 Å². The first-order valence-corrected chi connectivity index (χ1v) is 6.85. The van der Waals surface area contributed by atoms with Gasteiger partial charge in [0.2, 0.25) is 0 Å². The smallest absolute Gasteiger partial charge is 0.122 e. The average molecular weight is 253 g/mol. The lowest BCUT2D eigenvalue weighted by Crippen LogP contribution is -2.21. The summed E-state index contributed by atoms with van der Waals surface area (Å²) in [6.45, 7) is 2.84. The van der Waals surface area contributed by atoms with E-state index in [4.69, 9.17) is 10.5 Å². The van der Waals surface area contributed by atoms with Gasteiger partial charge in [0.05, 0.1) is 6.61 Å². The maximum Gasteiger partial charge on any atom is 0.122 e. The first kappa shape index (κ1) is 12.2. The van der Waals surface area contributed by atoms with E-state index in [-0.39, 0.29) is 12.0 Å². The van der Waals surface area contributed by atoms with Gasteiger partial charge in [-0.2, -0.15) is 0 Å². The molecule has 19 heavy (non-hydrogen) atoms. The zero-order valence-corrected chi connectivity index (χ0v) is 11.2. The minimum atomic E-state index is -0.00504. The third-order valence-corrected chi connectivity index (χ3v) is 3.94. The number of aryl methyl sites for hydroxylation is 1. The summed E-state index contributed by atoms with van der Waals surface area (Å²) in [5.74, 6) is 1.23. The molecule has 0 fully saturated rings. The van der Waals surface area contributed by atoms with Crippen LogP contribution in [-0.2, 0) is 6.42 Å². The summed E-state index contributed by atoms with van der Waals surface area (Å²) in [5.41, 5.74) is 10.2. The Morgan fingerprint density at radius 3 is 2.63 bits per heavy atom. The molecule has 2 aromatic rings. The van der Waals surface area contributed by atoms with Gasteiger partial charge in [-0.05, 0) is 23.6 Å². The molecule has 0 aliphatic carbocycles. The first-order chi connectivity index (χ1) is 9.29. The number of nitrogens with two attached hydrogens (primary N) is 1. The van der Waals surface area contributed by atoms with Gasteiger partial charge in [0, 0.05) is 17.5 Å². The van der Waals surface area contributed by atoms with Crippen LogP contribution in [0.25, 0.3) is 0 Å². The maximum atomic E-state index is 6.43. The Bertz CT molecular complexity index is 562. The van der Waals surface area contributed by atoms with E-state index in [2.05, 4.69) is 37.3 Å². The fourth-order valence-electron chi connectivity index (χ4n) is 2.69. The molecule has 0 saturated heterocycles. The van der Waals surface area contributed by atoms with Crippen molar-refractivity contribution in [3.63, 3.8) is 0 Å². The third kappa shape index (κ3) is 2.24. The molecule has 1 aliphatic rings. The molecule has 0 amide bonds. The molecule has 98 valence electrons. The largest absolute Gasteiger partial charge is 0.493 e. The average Bonchev–Trinajstić information content (AvgIpc) is 2.90. The summed E-state index contributed by atoms with van der Waals surface area (Å²) in [6, 6.07) is 16.8. The minimum Gasteiger partial charge on any atom is -0.493 e. The van der Waals surface area contributed by atoms with Gasteiger partial charge in [-0.1, -0.05) is 49.4 Å². The Kier molecular flexibility index (Phi) is 3.26. The van der Waals surface area contributed by atoms with Crippen molar-refractivity contribution in [3.8, 4) is 5.75 Å². The number of hydrogen-bond acceptors (Lipinski definition) is 2. The van der Waals surface area contributed by atoms with Crippen LogP contribution < -0.4 is 10.5 Å². The first-order valence-electron chi connectivity index (χ1n) is 6.85. The predicted octanol–water partition coefficient (Wildman–Crippen LogP) is 3.43. The molecule has 1 heterocycles. The van der Waals surface area contributed by atoms with Crippen LogP contribution in [0.15, 0.2) is 48.5 Å². The maximum absolute atomic E-state index is 6.43. The summed E-state index contributed by atoms with van der Waals surface area (Å²) >= 11 is 0.